The van der Waals surface area contributed by atoms with Crippen molar-refractivity contribution in [1.82, 2.24) is 19.7 Å². The van der Waals surface area contributed by atoms with Crippen LogP contribution >= 0.6 is 11.5 Å². The highest BCUT2D eigenvalue weighted by Gasteiger charge is 2.49. The average molecular weight is 283 g/mol. The predicted octanol–water partition coefficient (Wildman–Crippen LogP) is 0.650. The minimum absolute atomic E-state index is 0.0794. The number of carbonyl (C=O) groups is 2. The number of nitrogens with zero attached hydrogens (tertiary/aromatic N) is 4. The van der Waals surface area contributed by atoms with Gasteiger partial charge in [-0.1, -0.05) is 16.0 Å². The summed E-state index contributed by atoms with van der Waals surface area (Å²) in [6.07, 6.45) is 2.93. The molecule has 0 aromatic carbocycles. The zero-order valence-corrected chi connectivity index (χ0v) is 10.8. The summed E-state index contributed by atoms with van der Waals surface area (Å²) in [5.41, 5.74) is 0. The number of urea groups is 1. The van der Waals surface area contributed by atoms with Gasteiger partial charge in [-0.2, -0.15) is 0 Å². The maximum Gasteiger partial charge on any atom is 0.326 e. The number of hydrogen-bond acceptors (Lipinski definition) is 6. The van der Waals surface area contributed by atoms with Gasteiger partial charge in [-0.05, 0) is 29.9 Å². The molecule has 8 nitrogen and oxygen atoms in total. The molecule has 19 heavy (non-hydrogen) atoms. The number of aliphatic carboxylic acids is 1. The summed E-state index contributed by atoms with van der Waals surface area (Å²) in [6, 6.07) is -1.16. The second kappa shape index (κ2) is 4.72. The van der Waals surface area contributed by atoms with E-state index < -0.39 is 18.0 Å². The lowest BCUT2D eigenvalue weighted by atomic mass is 9.94. The van der Waals surface area contributed by atoms with E-state index in [9.17, 15) is 14.7 Å². The maximum absolute atomic E-state index is 12.1. The van der Waals surface area contributed by atoms with Gasteiger partial charge in [0, 0.05) is 18.1 Å². The molecule has 3 atom stereocenters. The van der Waals surface area contributed by atoms with E-state index in [2.05, 4.69) is 20.1 Å². The Bertz CT molecular complexity index is 493. The molecule has 102 valence electrons. The standard InChI is InChI=1S/C10H13N5O3S/c16-8(17)7-6-3-1-2-5(6)4-15(7)10(18)11-9-12-13-14-19-9/h5-7H,1-4H2,(H,16,17)(H,11,12,14,18). The quantitative estimate of drug-likeness (QED) is 0.825. The van der Waals surface area contributed by atoms with Gasteiger partial charge in [0.25, 0.3) is 0 Å². The molecule has 1 aromatic rings. The van der Waals surface area contributed by atoms with Crippen molar-refractivity contribution in [3.8, 4) is 0 Å². The van der Waals surface area contributed by atoms with E-state index >= 15 is 0 Å². The number of fused-ring (bicyclic) bond motifs is 1. The van der Waals surface area contributed by atoms with Crippen LogP contribution in [0, 0.1) is 11.8 Å². The number of amides is 2. The first-order chi connectivity index (χ1) is 9.16. The first-order valence-corrected chi connectivity index (χ1v) is 6.89. The van der Waals surface area contributed by atoms with E-state index in [-0.39, 0.29) is 11.0 Å². The molecule has 0 spiro atoms. The molecule has 2 heterocycles. The zero-order chi connectivity index (χ0) is 13.4. The molecular formula is C10H13N5O3S. The van der Waals surface area contributed by atoms with Crippen LogP contribution in [0.4, 0.5) is 9.93 Å². The fourth-order valence-electron chi connectivity index (χ4n) is 3.18. The predicted molar refractivity (Wildman–Crippen MR) is 65.7 cm³/mol. The van der Waals surface area contributed by atoms with Gasteiger partial charge in [-0.15, -0.1) is 0 Å². The van der Waals surface area contributed by atoms with Gasteiger partial charge < -0.3 is 10.0 Å². The highest BCUT2D eigenvalue weighted by molar-refractivity contribution is 7.09. The lowest BCUT2D eigenvalue weighted by Crippen LogP contribution is -2.45. The number of carboxylic acid groups (broad SMARTS) is 1. The van der Waals surface area contributed by atoms with Crippen molar-refractivity contribution >= 4 is 28.7 Å². The number of anilines is 1. The monoisotopic (exact) mass is 283 g/mol. The van der Waals surface area contributed by atoms with E-state index in [1.807, 2.05) is 0 Å². The Labute approximate surface area is 113 Å². The van der Waals surface area contributed by atoms with Crippen molar-refractivity contribution in [3.05, 3.63) is 0 Å². The maximum atomic E-state index is 12.1. The Morgan fingerprint density at radius 1 is 1.42 bits per heavy atom. The van der Waals surface area contributed by atoms with E-state index in [1.165, 1.54) is 4.90 Å². The molecule has 1 saturated heterocycles. The summed E-state index contributed by atoms with van der Waals surface area (Å²) in [5, 5.41) is 19.2. The normalized spacial score (nSPS) is 29.3. The Hall–Kier alpha value is -1.77. The minimum Gasteiger partial charge on any atom is -0.480 e. The molecule has 2 aliphatic rings. The van der Waals surface area contributed by atoms with Crippen molar-refractivity contribution < 1.29 is 14.7 Å². The van der Waals surface area contributed by atoms with Gasteiger partial charge in [0.15, 0.2) is 0 Å². The molecule has 1 saturated carbocycles. The van der Waals surface area contributed by atoms with E-state index in [0.717, 1.165) is 30.8 Å². The number of carbonyl (C=O) groups excluding carboxylic acids is 1. The molecule has 3 rings (SSSR count). The summed E-state index contributed by atoms with van der Waals surface area (Å²) in [4.78, 5) is 24.9. The summed E-state index contributed by atoms with van der Waals surface area (Å²) in [6.45, 7) is 0.500. The molecule has 0 bridgehead atoms. The van der Waals surface area contributed by atoms with E-state index in [4.69, 9.17) is 0 Å². The largest absolute Gasteiger partial charge is 0.480 e. The summed E-state index contributed by atoms with van der Waals surface area (Å²) >= 11 is 0.963. The average Bonchev–Trinajstić information content (AvgIpc) is 3.02. The SMILES string of the molecule is O=C(O)C1C2CCCC2CN1C(=O)Nc1nnns1. The van der Waals surface area contributed by atoms with Gasteiger partial charge in [-0.3, -0.25) is 5.32 Å². The fraction of sp³-hybridized carbons (Fsp3) is 0.700. The van der Waals surface area contributed by atoms with Crippen molar-refractivity contribution in [3.63, 3.8) is 0 Å². The molecule has 1 aromatic heterocycles. The Kier molecular flexibility index (Phi) is 3.05. The molecule has 2 fully saturated rings. The fourth-order valence-corrected chi connectivity index (χ4v) is 3.53. The first-order valence-electron chi connectivity index (χ1n) is 6.12. The van der Waals surface area contributed by atoms with Crippen LogP contribution in [0.25, 0.3) is 0 Å². The Morgan fingerprint density at radius 3 is 2.95 bits per heavy atom. The molecule has 1 aliphatic heterocycles. The first kappa shape index (κ1) is 12.3. The van der Waals surface area contributed by atoms with E-state index in [0.29, 0.717) is 12.5 Å². The smallest absolute Gasteiger partial charge is 0.326 e. The van der Waals surface area contributed by atoms with Gasteiger partial charge >= 0.3 is 12.0 Å². The van der Waals surface area contributed by atoms with Crippen LogP contribution in [0.15, 0.2) is 0 Å². The number of likely N-dealkylation sites (tertiary alicyclic amines) is 1. The van der Waals surface area contributed by atoms with E-state index in [1.54, 1.807) is 0 Å². The molecular weight excluding hydrogens is 270 g/mol. The van der Waals surface area contributed by atoms with Crippen molar-refractivity contribution in [1.29, 1.82) is 0 Å². The Morgan fingerprint density at radius 2 is 2.26 bits per heavy atom. The molecule has 2 N–H and O–H groups in total. The third kappa shape index (κ3) is 2.14. The minimum atomic E-state index is -0.931. The van der Waals surface area contributed by atoms with Gasteiger partial charge in [0.05, 0.1) is 0 Å². The van der Waals surface area contributed by atoms with Gasteiger partial charge in [0.1, 0.15) is 6.04 Å². The third-order valence-electron chi connectivity index (χ3n) is 3.92. The lowest BCUT2D eigenvalue weighted by Gasteiger charge is -2.23. The molecule has 0 radical (unpaired) electrons. The zero-order valence-electron chi connectivity index (χ0n) is 10.0. The Balaban J connectivity index is 1.76. The second-order valence-corrected chi connectivity index (χ2v) is 5.62. The number of carboxylic acids is 1. The highest BCUT2D eigenvalue weighted by Crippen LogP contribution is 2.42. The van der Waals surface area contributed by atoms with Crippen LogP contribution < -0.4 is 5.32 Å². The highest BCUT2D eigenvalue weighted by atomic mass is 32.1. The topological polar surface area (TPSA) is 108 Å². The van der Waals surface area contributed by atoms with Crippen LogP contribution in [0.3, 0.4) is 0 Å². The number of nitrogens with one attached hydrogen (secondary N) is 1. The molecule has 3 unspecified atom stereocenters. The van der Waals surface area contributed by atoms with Gasteiger partial charge in [0.2, 0.25) is 5.13 Å². The molecule has 9 heteroatoms. The summed E-state index contributed by atoms with van der Waals surface area (Å²) in [7, 11) is 0. The van der Waals surface area contributed by atoms with Crippen molar-refractivity contribution in [2.75, 3.05) is 11.9 Å². The number of aromatic nitrogens is 3. The van der Waals surface area contributed by atoms with Gasteiger partial charge in [-0.25, -0.2) is 9.59 Å². The van der Waals surface area contributed by atoms with Crippen LogP contribution in [-0.4, -0.2) is 49.4 Å². The third-order valence-corrected chi connectivity index (χ3v) is 4.43. The van der Waals surface area contributed by atoms with Crippen molar-refractivity contribution in [2.45, 2.75) is 25.3 Å². The summed E-state index contributed by atoms with van der Waals surface area (Å²) < 4.78 is 3.54. The number of hydrogen-bond donors (Lipinski definition) is 2. The van der Waals surface area contributed by atoms with Crippen LogP contribution in [0.1, 0.15) is 19.3 Å². The second-order valence-electron chi connectivity index (χ2n) is 4.89. The molecule has 2 amide bonds. The lowest BCUT2D eigenvalue weighted by molar-refractivity contribution is -0.142. The number of rotatable bonds is 2. The summed E-state index contributed by atoms with van der Waals surface area (Å²) in [5.74, 6) is -0.546. The van der Waals surface area contributed by atoms with Crippen molar-refractivity contribution in [2.24, 2.45) is 11.8 Å². The van der Waals surface area contributed by atoms with Crippen LogP contribution in [0.2, 0.25) is 0 Å². The van der Waals surface area contributed by atoms with Crippen LogP contribution in [0.5, 0.6) is 0 Å². The van der Waals surface area contributed by atoms with Crippen LogP contribution in [-0.2, 0) is 4.79 Å². The molecule has 1 aliphatic carbocycles.